The average Bonchev–Trinajstić information content (AvgIpc) is 2.61. The van der Waals surface area contributed by atoms with E-state index in [9.17, 15) is 4.79 Å². The molecule has 0 spiro atoms. The number of hydrogen-bond acceptors (Lipinski definition) is 5. The largest absolute Gasteiger partial charge is 0.372 e. The molecule has 132 valence electrons. The topological polar surface area (TPSA) is 67.4 Å². The normalized spacial score (nSPS) is 21.6. The number of nitrogens with one attached hydrogen (secondary N) is 1. The van der Waals surface area contributed by atoms with Crippen LogP contribution in [0.4, 0.5) is 5.82 Å². The van der Waals surface area contributed by atoms with Crippen LogP contribution in [0.1, 0.15) is 42.9 Å². The lowest BCUT2D eigenvalue weighted by atomic mass is 10.2. The van der Waals surface area contributed by atoms with Gasteiger partial charge in [0, 0.05) is 25.5 Å². The summed E-state index contributed by atoms with van der Waals surface area (Å²) in [5, 5.41) is 2.95. The highest BCUT2D eigenvalue weighted by atomic mass is 16.5. The van der Waals surface area contributed by atoms with Crippen molar-refractivity contribution >= 4 is 11.7 Å². The van der Waals surface area contributed by atoms with Crippen molar-refractivity contribution in [1.82, 2.24) is 15.3 Å². The molecule has 1 fully saturated rings. The number of carbonyl (C=O) groups excluding carboxylic acids is 1. The molecule has 2 aromatic rings. The van der Waals surface area contributed by atoms with Gasteiger partial charge in [-0.2, -0.15) is 0 Å². The molecule has 1 aliphatic heterocycles. The predicted molar refractivity (Wildman–Crippen MR) is 96.6 cm³/mol. The van der Waals surface area contributed by atoms with Crippen molar-refractivity contribution in [3.8, 4) is 0 Å². The second-order valence-electron chi connectivity index (χ2n) is 6.52. The molecule has 0 unspecified atom stereocenters. The monoisotopic (exact) mass is 340 g/mol. The smallest absolute Gasteiger partial charge is 0.253 e. The highest BCUT2D eigenvalue weighted by Gasteiger charge is 2.23. The summed E-state index contributed by atoms with van der Waals surface area (Å²) in [7, 11) is 0. The summed E-state index contributed by atoms with van der Waals surface area (Å²) in [5.74, 6) is 0.720. The van der Waals surface area contributed by atoms with Crippen molar-refractivity contribution in [3.63, 3.8) is 0 Å². The summed E-state index contributed by atoms with van der Waals surface area (Å²) >= 11 is 0. The Bertz CT molecular complexity index is 695. The maximum absolute atomic E-state index is 12.4. The summed E-state index contributed by atoms with van der Waals surface area (Å²) in [6, 6.07) is 9.21. The van der Waals surface area contributed by atoms with Gasteiger partial charge in [-0.3, -0.25) is 9.78 Å². The Kier molecular flexibility index (Phi) is 5.28. The van der Waals surface area contributed by atoms with Gasteiger partial charge in [0.2, 0.25) is 0 Å². The number of anilines is 1. The summed E-state index contributed by atoms with van der Waals surface area (Å²) < 4.78 is 5.75. The van der Waals surface area contributed by atoms with Crippen LogP contribution in [0.5, 0.6) is 0 Å². The molecule has 25 heavy (non-hydrogen) atoms. The molecule has 6 heteroatoms. The molecular formula is C19H24N4O2. The van der Waals surface area contributed by atoms with Crippen LogP contribution >= 0.6 is 0 Å². The van der Waals surface area contributed by atoms with Crippen molar-refractivity contribution in [2.45, 2.75) is 39.0 Å². The lowest BCUT2D eigenvalue weighted by molar-refractivity contribution is -0.00546. The van der Waals surface area contributed by atoms with Gasteiger partial charge in [-0.15, -0.1) is 0 Å². The Labute approximate surface area is 148 Å². The first-order chi connectivity index (χ1) is 12.0. The van der Waals surface area contributed by atoms with Gasteiger partial charge in [0.05, 0.1) is 29.5 Å². The van der Waals surface area contributed by atoms with Crippen molar-refractivity contribution in [2.24, 2.45) is 0 Å². The quantitative estimate of drug-likeness (QED) is 0.926. The molecule has 1 saturated heterocycles. The minimum Gasteiger partial charge on any atom is -0.372 e. The first-order valence-electron chi connectivity index (χ1n) is 8.61. The average molecular weight is 340 g/mol. The standard InChI is InChI=1S/C19H24N4O2/c1-13-11-23(12-14(2)25-13)18-8-7-16(10-21-18)19(24)22-15(3)17-6-4-5-9-20-17/h4-10,13-15H,11-12H2,1-3H3,(H,22,24)/t13-,14+,15-/m0/s1. The number of carbonyl (C=O) groups is 1. The van der Waals surface area contributed by atoms with Crippen LogP contribution in [0.25, 0.3) is 0 Å². The number of pyridine rings is 2. The molecule has 2 aromatic heterocycles. The number of morpholine rings is 1. The third kappa shape index (κ3) is 4.33. The molecule has 0 bridgehead atoms. The zero-order valence-corrected chi connectivity index (χ0v) is 14.8. The minimum atomic E-state index is -0.158. The highest BCUT2D eigenvalue weighted by Crippen LogP contribution is 2.18. The molecule has 1 amide bonds. The second kappa shape index (κ2) is 7.61. The Morgan fingerprint density at radius 2 is 1.96 bits per heavy atom. The summed E-state index contributed by atoms with van der Waals surface area (Å²) in [6.45, 7) is 7.64. The number of ether oxygens (including phenoxy) is 1. The van der Waals surface area contributed by atoms with Crippen molar-refractivity contribution in [3.05, 3.63) is 54.0 Å². The maximum Gasteiger partial charge on any atom is 0.253 e. The van der Waals surface area contributed by atoms with Crippen LogP contribution in [0.3, 0.4) is 0 Å². The van der Waals surface area contributed by atoms with Crippen LogP contribution < -0.4 is 10.2 Å². The van der Waals surface area contributed by atoms with E-state index >= 15 is 0 Å². The van der Waals surface area contributed by atoms with Gasteiger partial charge < -0.3 is 15.0 Å². The van der Waals surface area contributed by atoms with Gasteiger partial charge in [0.25, 0.3) is 5.91 Å². The lowest BCUT2D eigenvalue weighted by Crippen LogP contribution is -2.45. The van der Waals surface area contributed by atoms with Crippen LogP contribution in [0, 0.1) is 0 Å². The van der Waals surface area contributed by atoms with E-state index in [1.54, 1.807) is 12.4 Å². The first kappa shape index (κ1) is 17.4. The van der Waals surface area contributed by atoms with Crippen LogP contribution in [0.2, 0.25) is 0 Å². The second-order valence-corrected chi connectivity index (χ2v) is 6.52. The molecule has 0 aromatic carbocycles. The molecule has 0 aliphatic carbocycles. The van der Waals surface area contributed by atoms with Gasteiger partial charge in [-0.25, -0.2) is 4.98 Å². The van der Waals surface area contributed by atoms with Gasteiger partial charge in [-0.1, -0.05) is 6.07 Å². The van der Waals surface area contributed by atoms with E-state index in [1.807, 2.05) is 37.3 Å². The van der Waals surface area contributed by atoms with Gasteiger partial charge in [0.1, 0.15) is 5.82 Å². The van der Waals surface area contributed by atoms with E-state index in [0.29, 0.717) is 5.56 Å². The molecule has 0 radical (unpaired) electrons. The Hall–Kier alpha value is -2.47. The van der Waals surface area contributed by atoms with E-state index in [2.05, 4.69) is 34.0 Å². The van der Waals surface area contributed by atoms with Crippen molar-refractivity contribution in [1.29, 1.82) is 0 Å². The molecular weight excluding hydrogens is 316 g/mol. The Morgan fingerprint density at radius 3 is 2.56 bits per heavy atom. The number of hydrogen-bond donors (Lipinski definition) is 1. The molecule has 6 nitrogen and oxygen atoms in total. The third-order valence-corrected chi connectivity index (χ3v) is 4.23. The van der Waals surface area contributed by atoms with E-state index in [0.717, 1.165) is 24.6 Å². The number of rotatable bonds is 4. The summed E-state index contributed by atoms with van der Waals surface area (Å²) in [4.78, 5) is 23.3. The maximum atomic E-state index is 12.4. The summed E-state index contributed by atoms with van der Waals surface area (Å²) in [6.07, 6.45) is 3.69. The molecule has 3 rings (SSSR count). The minimum absolute atomic E-state index is 0.152. The predicted octanol–water partition coefficient (Wildman–Crippen LogP) is 2.58. The SMILES string of the molecule is C[C@@H]1CN(c2ccc(C(=O)N[C@@H](C)c3ccccn3)cn2)C[C@H](C)O1. The van der Waals surface area contributed by atoms with Crippen molar-refractivity contribution in [2.75, 3.05) is 18.0 Å². The molecule has 3 atom stereocenters. The lowest BCUT2D eigenvalue weighted by Gasteiger charge is -2.36. The Morgan fingerprint density at radius 1 is 1.20 bits per heavy atom. The molecule has 3 heterocycles. The van der Waals surface area contributed by atoms with Crippen LogP contribution in [-0.2, 0) is 4.74 Å². The van der Waals surface area contributed by atoms with E-state index in [-0.39, 0.29) is 24.2 Å². The van der Waals surface area contributed by atoms with Crippen molar-refractivity contribution < 1.29 is 9.53 Å². The highest BCUT2D eigenvalue weighted by molar-refractivity contribution is 5.94. The third-order valence-electron chi connectivity index (χ3n) is 4.23. The van der Waals surface area contributed by atoms with Gasteiger partial charge in [-0.05, 0) is 45.0 Å². The fourth-order valence-electron chi connectivity index (χ4n) is 3.06. The fraction of sp³-hybridized carbons (Fsp3) is 0.421. The zero-order chi connectivity index (χ0) is 17.8. The number of amides is 1. The first-order valence-corrected chi connectivity index (χ1v) is 8.61. The van der Waals surface area contributed by atoms with E-state index in [4.69, 9.17) is 4.74 Å². The van der Waals surface area contributed by atoms with Crippen LogP contribution in [-0.4, -0.2) is 41.2 Å². The molecule has 1 aliphatic rings. The number of nitrogens with zero attached hydrogens (tertiary/aromatic N) is 3. The van der Waals surface area contributed by atoms with E-state index < -0.39 is 0 Å². The van der Waals surface area contributed by atoms with Crippen LogP contribution in [0.15, 0.2) is 42.7 Å². The van der Waals surface area contributed by atoms with Gasteiger partial charge >= 0.3 is 0 Å². The molecule has 0 saturated carbocycles. The fourth-order valence-corrected chi connectivity index (χ4v) is 3.06. The van der Waals surface area contributed by atoms with Gasteiger partial charge in [0.15, 0.2) is 0 Å². The number of aromatic nitrogens is 2. The molecule has 1 N–H and O–H groups in total. The summed E-state index contributed by atoms with van der Waals surface area (Å²) in [5.41, 5.74) is 1.37. The zero-order valence-electron chi connectivity index (χ0n) is 14.8. The van der Waals surface area contributed by atoms with E-state index in [1.165, 1.54) is 0 Å². The Balaban J connectivity index is 1.64.